The average molecular weight is 731 g/mol. The molecule has 17 heteroatoms. The van der Waals surface area contributed by atoms with Crippen molar-refractivity contribution in [1.29, 1.82) is 0 Å². The zero-order valence-electron chi connectivity index (χ0n) is 27.5. The number of aliphatic hydroxyl groups excluding tert-OH is 1. The summed E-state index contributed by atoms with van der Waals surface area (Å²) >= 11 is 0. The Hall–Kier alpha value is -0.730. The van der Waals surface area contributed by atoms with Crippen LogP contribution in [-0.4, -0.2) is 81.6 Å². The Labute approximate surface area is 278 Å². The highest BCUT2D eigenvalue weighted by Gasteiger charge is 2.68. The first-order chi connectivity index (χ1) is 21.5. The van der Waals surface area contributed by atoms with E-state index in [0.29, 0.717) is 30.1 Å². The standard InChI is InChI=1S/C30H50O14S3/c1-17(19-10-13-41-16-19)6-7-18(2)20-8-11-30(5)22-14-23(42-45(32,33)34)25-26(31)27(44-47(38,39)40)24(43-46(35,36)37)15-28(25,3)21(22)9-12-29(20,30)4/h9,17-20,22-27,31H,6-8,10-16H2,1-5H3,(H,32,33,34)(H,35,36,37)(H,38,39,40)/t17?,18-,19?,20-,22-,23+,24+,25+,26-,27-,28-,29-,30+/m1/s1. The number of rotatable bonds is 11. The van der Waals surface area contributed by atoms with Gasteiger partial charge in [0.1, 0.15) is 12.2 Å². The molecule has 47 heavy (non-hydrogen) atoms. The Morgan fingerprint density at radius 1 is 0.872 bits per heavy atom. The van der Waals surface area contributed by atoms with Crippen LogP contribution in [0.4, 0.5) is 0 Å². The van der Waals surface area contributed by atoms with Crippen LogP contribution in [0, 0.1) is 51.8 Å². The summed E-state index contributed by atoms with van der Waals surface area (Å²) in [6.45, 7) is 12.3. The topological polar surface area (TPSA) is 220 Å². The van der Waals surface area contributed by atoms with Crippen LogP contribution in [-0.2, 0) is 48.5 Å². The van der Waals surface area contributed by atoms with Gasteiger partial charge in [0.15, 0.2) is 0 Å². The Morgan fingerprint density at radius 3 is 2.04 bits per heavy atom. The molecule has 4 aliphatic carbocycles. The Morgan fingerprint density at radius 2 is 1.47 bits per heavy atom. The predicted octanol–water partition coefficient (Wildman–Crippen LogP) is 3.80. The molecule has 4 N–H and O–H groups in total. The molecule has 0 aromatic heterocycles. The number of aliphatic hydroxyl groups is 1. The van der Waals surface area contributed by atoms with Crippen molar-refractivity contribution in [3.05, 3.63) is 11.6 Å². The quantitative estimate of drug-likeness (QED) is 0.176. The molecule has 272 valence electrons. The maximum atomic E-state index is 12.2. The van der Waals surface area contributed by atoms with Gasteiger partial charge in [-0.2, -0.15) is 25.3 Å². The molecular formula is C30H50O14S3. The zero-order valence-corrected chi connectivity index (χ0v) is 30.0. The molecular weight excluding hydrogens is 681 g/mol. The van der Waals surface area contributed by atoms with Crippen molar-refractivity contribution in [3.8, 4) is 0 Å². The van der Waals surface area contributed by atoms with E-state index < -0.39 is 66.9 Å². The molecule has 0 aromatic rings. The van der Waals surface area contributed by atoms with E-state index in [2.05, 4.69) is 38.0 Å². The molecule has 5 aliphatic rings. The van der Waals surface area contributed by atoms with Gasteiger partial charge in [0, 0.05) is 19.1 Å². The van der Waals surface area contributed by atoms with Crippen molar-refractivity contribution in [3.63, 3.8) is 0 Å². The molecule has 3 saturated carbocycles. The van der Waals surface area contributed by atoms with Gasteiger partial charge in [0.05, 0.1) is 12.2 Å². The summed E-state index contributed by atoms with van der Waals surface area (Å²) in [4.78, 5) is 0. The molecule has 4 fully saturated rings. The second-order valence-corrected chi connectivity index (χ2v) is 18.7. The van der Waals surface area contributed by atoms with Gasteiger partial charge in [0.25, 0.3) is 0 Å². The third kappa shape index (κ3) is 7.23. The molecule has 0 amide bonds. The summed E-state index contributed by atoms with van der Waals surface area (Å²) in [5, 5.41) is 11.6. The maximum Gasteiger partial charge on any atom is 0.397 e. The number of hydrogen-bond acceptors (Lipinski definition) is 11. The van der Waals surface area contributed by atoms with E-state index in [-0.39, 0.29) is 29.6 Å². The van der Waals surface area contributed by atoms with E-state index in [1.807, 2.05) is 0 Å². The summed E-state index contributed by atoms with van der Waals surface area (Å²) in [5.74, 6) is 0.314. The molecule has 0 radical (unpaired) electrons. The van der Waals surface area contributed by atoms with Crippen LogP contribution in [0.2, 0.25) is 0 Å². The molecule has 1 heterocycles. The lowest BCUT2D eigenvalue weighted by molar-refractivity contribution is -0.179. The molecule has 0 aromatic carbocycles. The van der Waals surface area contributed by atoms with E-state index in [0.717, 1.165) is 50.9 Å². The lowest BCUT2D eigenvalue weighted by Gasteiger charge is -2.63. The van der Waals surface area contributed by atoms with E-state index in [1.54, 1.807) is 6.92 Å². The second-order valence-electron chi connectivity index (χ2n) is 15.5. The summed E-state index contributed by atoms with van der Waals surface area (Å²) in [6, 6.07) is 0. The molecule has 14 nitrogen and oxygen atoms in total. The Balaban J connectivity index is 1.51. The average Bonchev–Trinajstić information content (AvgIpc) is 3.54. The highest BCUT2D eigenvalue weighted by Crippen LogP contribution is 2.72. The van der Waals surface area contributed by atoms with Crippen LogP contribution in [0.3, 0.4) is 0 Å². The monoisotopic (exact) mass is 730 g/mol. The summed E-state index contributed by atoms with van der Waals surface area (Å²) < 4.78 is 121. The molecule has 0 spiro atoms. The number of ether oxygens (including phenoxy) is 1. The summed E-state index contributed by atoms with van der Waals surface area (Å²) in [5.41, 5.74) is -1.05. The third-order valence-corrected chi connectivity index (χ3v) is 14.7. The highest BCUT2D eigenvalue weighted by atomic mass is 32.3. The first kappa shape index (κ1) is 37.5. The normalized spacial score (nSPS) is 43.8. The number of hydrogen-bond donors (Lipinski definition) is 4. The van der Waals surface area contributed by atoms with Gasteiger partial charge in [0.2, 0.25) is 0 Å². The van der Waals surface area contributed by atoms with Crippen LogP contribution < -0.4 is 0 Å². The Kier molecular flexibility index (Phi) is 10.2. The summed E-state index contributed by atoms with van der Waals surface area (Å²) in [6.07, 6.45) is 0.226. The second kappa shape index (κ2) is 12.8. The van der Waals surface area contributed by atoms with Crippen molar-refractivity contribution in [2.75, 3.05) is 13.2 Å². The van der Waals surface area contributed by atoms with Crippen molar-refractivity contribution >= 4 is 31.2 Å². The molecule has 5 rings (SSSR count). The largest absolute Gasteiger partial charge is 0.397 e. The minimum absolute atomic E-state index is 0.0528. The smallest absolute Gasteiger partial charge is 0.390 e. The lowest BCUT2D eigenvalue weighted by Crippen LogP contribution is -2.65. The Bertz CT molecular complexity index is 1540. The van der Waals surface area contributed by atoms with Gasteiger partial charge in [-0.15, -0.1) is 0 Å². The fourth-order valence-electron chi connectivity index (χ4n) is 10.7. The van der Waals surface area contributed by atoms with Crippen LogP contribution >= 0.6 is 0 Å². The van der Waals surface area contributed by atoms with Crippen LogP contribution in [0.5, 0.6) is 0 Å². The zero-order chi connectivity index (χ0) is 35.0. The van der Waals surface area contributed by atoms with E-state index in [4.69, 9.17) is 13.1 Å². The van der Waals surface area contributed by atoms with E-state index >= 15 is 0 Å². The highest BCUT2D eigenvalue weighted by molar-refractivity contribution is 7.81. The van der Waals surface area contributed by atoms with Gasteiger partial charge in [-0.05, 0) is 84.4 Å². The van der Waals surface area contributed by atoms with E-state index in [1.165, 1.54) is 0 Å². The molecule has 0 bridgehead atoms. The maximum absolute atomic E-state index is 12.2. The van der Waals surface area contributed by atoms with Crippen molar-refractivity contribution < 1.29 is 61.3 Å². The summed E-state index contributed by atoms with van der Waals surface area (Å²) in [7, 11) is -15.6. The van der Waals surface area contributed by atoms with E-state index in [9.17, 15) is 44.0 Å². The minimum atomic E-state index is -5.28. The first-order valence-corrected chi connectivity index (χ1v) is 20.5. The molecule has 1 aliphatic heterocycles. The third-order valence-electron chi connectivity index (χ3n) is 13.2. The van der Waals surface area contributed by atoms with Gasteiger partial charge in [-0.25, -0.2) is 12.5 Å². The van der Waals surface area contributed by atoms with Crippen LogP contribution in [0.1, 0.15) is 86.0 Å². The first-order valence-electron chi connectivity index (χ1n) is 16.4. The minimum Gasteiger partial charge on any atom is -0.390 e. The number of allylic oxidation sites excluding steroid dienone is 2. The number of fused-ring (bicyclic) bond motifs is 5. The van der Waals surface area contributed by atoms with Crippen molar-refractivity contribution in [1.82, 2.24) is 0 Å². The van der Waals surface area contributed by atoms with Gasteiger partial charge in [-0.3, -0.25) is 13.7 Å². The van der Waals surface area contributed by atoms with Crippen LogP contribution in [0.15, 0.2) is 11.6 Å². The fraction of sp³-hybridized carbons (Fsp3) is 0.933. The van der Waals surface area contributed by atoms with Gasteiger partial charge in [-0.1, -0.05) is 59.1 Å². The SMILES string of the molecule is CC(CC[C@@H](C)[C@H]1CC[C@@]2(C)[C@@H]3C[C@H](OS(=O)(=O)O)[C@H]4[C@@H](O)[C@H](OS(=O)(=O)O)[C@@H](OS(=O)(=O)O)C[C@]4(C)C3=CC[C@]12C)C1CCOC1. The molecule has 2 unspecified atom stereocenters. The molecule has 1 saturated heterocycles. The molecule has 13 atom stereocenters. The van der Waals surface area contributed by atoms with Crippen molar-refractivity contribution in [2.24, 2.45) is 51.8 Å². The van der Waals surface area contributed by atoms with Gasteiger partial charge >= 0.3 is 31.2 Å². The van der Waals surface area contributed by atoms with Crippen LogP contribution in [0.25, 0.3) is 0 Å². The van der Waals surface area contributed by atoms with Gasteiger partial charge < -0.3 is 9.84 Å². The van der Waals surface area contributed by atoms with Crippen molar-refractivity contribution in [2.45, 2.75) is 110 Å². The lowest BCUT2D eigenvalue weighted by atomic mass is 9.43. The predicted molar refractivity (Wildman–Crippen MR) is 168 cm³/mol. The fourth-order valence-corrected chi connectivity index (χ4v) is 12.2.